The highest BCUT2D eigenvalue weighted by molar-refractivity contribution is 9.10. The Hall–Kier alpha value is -2.36. The zero-order chi connectivity index (χ0) is 24.5. The summed E-state index contributed by atoms with van der Waals surface area (Å²) in [6, 6.07) is 13.9. The van der Waals surface area contributed by atoms with E-state index in [2.05, 4.69) is 32.8 Å². The van der Waals surface area contributed by atoms with E-state index in [-0.39, 0.29) is 18.3 Å². The predicted molar refractivity (Wildman–Crippen MR) is 142 cm³/mol. The van der Waals surface area contributed by atoms with Crippen LogP contribution < -0.4 is 9.47 Å². The first-order valence-electron chi connectivity index (χ1n) is 10.9. The second kappa shape index (κ2) is 12.9. The molecule has 0 aliphatic carbocycles. The van der Waals surface area contributed by atoms with Gasteiger partial charge in [-0.25, -0.2) is 0 Å². The van der Waals surface area contributed by atoms with Gasteiger partial charge < -0.3 is 14.2 Å². The van der Waals surface area contributed by atoms with Crippen LogP contribution in [0.25, 0.3) is 6.08 Å². The number of thioether (sulfide) groups is 1. The zero-order valence-electron chi connectivity index (χ0n) is 19.0. The first-order valence-corrected chi connectivity index (χ1v) is 12.9. The van der Waals surface area contributed by atoms with E-state index in [4.69, 9.17) is 21.7 Å². The third-order valence-corrected chi connectivity index (χ3v) is 6.94. The molecule has 1 saturated heterocycles. The Labute approximate surface area is 217 Å². The molecule has 0 atom stereocenters. The molecule has 1 aliphatic rings. The van der Waals surface area contributed by atoms with Gasteiger partial charge in [-0.1, -0.05) is 54.3 Å². The average Bonchev–Trinajstić information content (AvgIpc) is 3.08. The fourth-order valence-corrected chi connectivity index (χ4v) is 5.20. The van der Waals surface area contributed by atoms with Gasteiger partial charge in [0.15, 0.2) is 11.5 Å². The maximum Gasteiger partial charge on any atom is 0.305 e. The third-order valence-electron chi connectivity index (χ3n) is 4.97. The van der Waals surface area contributed by atoms with Crippen molar-refractivity contribution in [3.63, 3.8) is 0 Å². The van der Waals surface area contributed by atoms with Gasteiger partial charge >= 0.3 is 5.97 Å². The summed E-state index contributed by atoms with van der Waals surface area (Å²) in [5.41, 5.74) is 1.99. The number of benzene rings is 2. The first-order chi connectivity index (χ1) is 16.4. The van der Waals surface area contributed by atoms with Gasteiger partial charge in [0.05, 0.1) is 29.7 Å². The molecule has 6 nitrogen and oxygen atoms in total. The molecule has 0 unspecified atom stereocenters. The number of ether oxygens (including phenoxy) is 3. The lowest BCUT2D eigenvalue weighted by molar-refractivity contribution is -0.141. The van der Waals surface area contributed by atoms with Gasteiger partial charge in [0.25, 0.3) is 5.91 Å². The van der Waals surface area contributed by atoms with Crippen LogP contribution in [0.4, 0.5) is 0 Å². The van der Waals surface area contributed by atoms with E-state index in [1.807, 2.05) is 37.3 Å². The molecule has 180 valence electrons. The van der Waals surface area contributed by atoms with Crippen molar-refractivity contribution < 1.29 is 23.8 Å². The minimum absolute atomic E-state index is 0.169. The van der Waals surface area contributed by atoms with E-state index >= 15 is 0 Å². The number of hydrogen-bond acceptors (Lipinski definition) is 7. The standard InChI is InChI=1S/C25H26BrNO5S2/c1-3-31-20-15-18(14-19(26)23(20)32-13-11-17-8-5-4-6-9-17)16-21-24(29)27(25(33)34-21)12-7-10-22(28)30-2/h4-6,8-9,14-16H,3,7,10-13H2,1-2H3/b21-16-. The smallest absolute Gasteiger partial charge is 0.305 e. The Bertz CT molecular complexity index is 1070. The molecule has 3 rings (SSSR count). The molecule has 0 N–H and O–H groups in total. The quantitative estimate of drug-likeness (QED) is 0.199. The van der Waals surface area contributed by atoms with Crippen molar-refractivity contribution in [2.75, 3.05) is 26.9 Å². The van der Waals surface area contributed by atoms with Crippen LogP contribution in [0.1, 0.15) is 30.9 Å². The van der Waals surface area contributed by atoms with E-state index in [1.165, 1.54) is 29.3 Å². The molecule has 1 amide bonds. The summed E-state index contributed by atoms with van der Waals surface area (Å²) >= 11 is 10.2. The Morgan fingerprint density at radius 2 is 1.97 bits per heavy atom. The number of carbonyl (C=O) groups excluding carboxylic acids is 2. The summed E-state index contributed by atoms with van der Waals surface area (Å²) < 4.78 is 17.7. The third kappa shape index (κ3) is 7.07. The lowest BCUT2D eigenvalue weighted by Gasteiger charge is -2.15. The number of halogens is 1. The van der Waals surface area contributed by atoms with Crippen molar-refractivity contribution >= 4 is 62.2 Å². The number of carbonyl (C=O) groups is 2. The lowest BCUT2D eigenvalue weighted by atomic mass is 10.1. The second-order valence-electron chi connectivity index (χ2n) is 7.36. The zero-order valence-corrected chi connectivity index (χ0v) is 22.3. The number of thiocarbonyl (C=S) groups is 1. The Kier molecular flexibility index (Phi) is 9.98. The number of nitrogens with zero attached hydrogens (tertiary/aromatic N) is 1. The van der Waals surface area contributed by atoms with Gasteiger partial charge in [-0.05, 0) is 58.6 Å². The summed E-state index contributed by atoms with van der Waals surface area (Å²) in [7, 11) is 1.35. The van der Waals surface area contributed by atoms with Crippen molar-refractivity contribution in [3.8, 4) is 11.5 Å². The largest absolute Gasteiger partial charge is 0.490 e. The summed E-state index contributed by atoms with van der Waals surface area (Å²) in [6.45, 7) is 3.27. The summed E-state index contributed by atoms with van der Waals surface area (Å²) in [6.07, 6.45) is 3.30. The molecule has 0 bridgehead atoms. The van der Waals surface area contributed by atoms with Crippen LogP contribution in [0.2, 0.25) is 0 Å². The Morgan fingerprint density at radius 3 is 2.68 bits per heavy atom. The van der Waals surface area contributed by atoms with Crippen molar-refractivity contribution in [2.24, 2.45) is 0 Å². The highest BCUT2D eigenvalue weighted by Crippen LogP contribution is 2.39. The topological polar surface area (TPSA) is 65.1 Å². The molecule has 0 spiro atoms. The van der Waals surface area contributed by atoms with Crippen LogP contribution in [0.15, 0.2) is 51.8 Å². The summed E-state index contributed by atoms with van der Waals surface area (Å²) in [4.78, 5) is 26.3. The second-order valence-corrected chi connectivity index (χ2v) is 9.89. The Balaban J connectivity index is 1.72. The fourth-order valence-electron chi connectivity index (χ4n) is 3.32. The highest BCUT2D eigenvalue weighted by Gasteiger charge is 2.31. The molecule has 1 fully saturated rings. The van der Waals surface area contributed by atoms with E-state index in [9.17, 15) is 9.59 Å². The molecule has 0 aromatic heterocycles. The van der Waals surface area contributed by atoms with E-state index in [0.717, 1.165) is 16.5 Å². The van der Waals surface area contributed by atoms with Crippen LogP contribution in [-0.2, 0) is 20.7 Å². The maximum absolute atomic E-state index is 12.9. The minimum Gasteiger partial charge on any atom is -0.490 e. The van der Waals surface area contributed by atoms with Crippen LogP contribution in [-0.4, -0.2) is 48.0 Å². The lowest BCUT2D eigenvalue weighted by Crippen LogP contribution is -2.29. The number of rotatable bonds is 11. The minimum atomic E-state index is -0.305. The van der Waals surface area contributed by atoms with E-state index in [1.54, 1.807) is 6.08 Å². The summed E-state index contributed by atoms with van der Waals surface area (Å²) in [5.74, 6) is 0.757. The fraction of sp³-hybridized carbons (Fsp3) is 0.320. The van der Waals surface area contributed by atoms with E-state index in [0.29, 0.717) is 46.9 Å². The van der Waals surface area contributed by atoms with Gasteiger partial charge in [-0.2, -0.15) is 0 Å². The number of hydrogen-bond donors (Lipinski definition) is 0. The van der Waals surface area contributed by atoms with Gasteiger partial charge in [-0.3, -0.25) is 14.5 Å². The van der Waals surface area contributed by atoms with Crippen LogP contribution in [0, 0.1) is 0 Å². The van der Waals surface area contributed by atoms with Crippen molar-refractivity contribution in [1.82, 2.24) is 4.90 Å². The molecular weight excluding hydrogens is 538 g/mol. The average molecular weight is 565 g/mol. The van der Waals surface area contributed by atoms with Crippen molar-refractivity contribution in [2.45, 2.75) is 26.2 Å². The van der Waals surface area contributed by atoms with Crippen LogP contribution >= 0.6 is 39.9 Å². The SMILES string of the molecule is CCOc1cc(/C=C2\SC(=S)N(CCCC(=O)OC)C2=O)cc(Br)c1OCCc1ccccc1. The van der Waals surface area contributed by atoms with Crippen LogP contribution in [0.5, 0.6) is 11.5 Å². The first kappa shape index (κ1) is 26.2. The molecular formula is C25H26BrNO5S2. The number of amides is 1. The molecule has 0 saturated carbocycles. The molecule has 2 aromatic rings. The summed E-state index contributed by atoms with van der Waals surface area (Å²) in [5, 5.41) is 0. The molecule has 34 heavy (non-hydrogen) atoms. The van der Waals surface area contributed by atoms with Gasteiger partial charge in [0.1, 0.15) is 4.32 Å². The Morgan fingerprint density at radius 1 is 1.21 bits per heavy atom. The van der Waals surface area contributed by atoms with Crippen molar-refractivity contribution in [1.29, 1.82) is 0 Å². The predicted octanol–water partition coefficient (Wildman–Crippen LogP) is 5.62. The van der Waals surface area contributed by atoms with Gasteiger partial charge in [-0.15, -0.1) is 0 Å². The molecule has 2 aromatic carbocycles. The highest BCUT2D eigenvalue weighted by atomic mass is 79.9. The number of methoxy groups -OCH3 is 1. The molecule has 9 heteroatoms. The number of esters is 1. The van der Waals surface area contributed by atoms with Crippen LogP contribution in [0.3, 0.4) is 0 Å². The van der Waals surface area contributed by atoms with Gasteiger partial charge in [0, 0.05) is 19.4 Å². The monoisotopic (exact) mass is 563 g/mol. The normalized spacial score (nSPS) is 14.6. The molecule has 0 radical (unpaired) electrons. The van der Waals surface area contributed by atoms with Crippen molar-refractivity contribution in [3.05, 3.63) is 63.0 Å². The van der Waals surface area contributed by atoms with E-state index < -0.39 is 0 Å². The van der Waals surface area contributed by atoms with Gasteiger partial charge in [0.2, 0.25) is 0 Å². The molecule has 1 heterocycles. The molecule has 1 aliphatic heterocycles. The maximum atomic E-state index is 12.9.